The Morgan fingerprint density at radius 2 is 2.00 bits per heavy atom. The summed E-state index contributed by atoms with van der Waals surface area (Å²) >= 11 is 2.03. The van der Waals surface area contributed by atoms with Gasteiger partial charge in [0.05, 0.1) is 0 Å². The van der Waals surface area contributed by atoms with Crippen LogP contribution in [-0.4, -0.2) is 6.54 Å². The SMILES string of the molecule is CCNC(Cc1ccc(C)c(C)c1)c1cc2c(s1)CCC2. The number of rotatable bonds is 5. The highest BCUT2D eigenvalue weighted by Gasteiger charge is 2.20. The molecule has 0 fully saturated rings. The quantitative estimate of drug-likeness (QED) is 0.840. The predicted octanol–water partition coefficient (Wildman–Crippen LogP) is 4.75. The molecule has 1 aliphatic carbocycles. The van der Waals surface area contributed by atoms with Gasteiger partial charge in [0.2, 0.25) is 0 Å². The van der Waals surface area contributed by atoms with Crippen molar-refractivity contribution in [1.82, 2.24) is 5.32 Å². The van der Waals surface area contributed by atoms with Gasteiger partial charge >= 0.3 is 0 Å². The zero-order chi connectivity index (χ0) is 14.8. The van der Waals surface area contributed by atoms with Crippen LogP contribution in [0.5, 0.6) is 0 Å². The number of fused-ring (bicyclic) bond motifs is 1. The van der Waals surface area contributed by atoms with Crippen LogP contribution in [0, 0.1) is 13.8 Å². The van der Waals surface area contributed by atoms with Gasteiger partial charge in [-0.2, -0.15) is 0 Å². The molecule has 2 aromatic rings. The minimum atomic E-state index is 0.465. The topological polar surface area (TPSA) is 12.0 Å². The fourth-order valence-electron chi connectivity index (χ4n) is 3.21. The normalized spacial score (nSPS) is 15.2. The molecule has 21 heavy (non-hydrogen) atoms. The van der Waals surface area contributed by atoms with Crippen molar-refractivity contribution in [2.45, 2.75) is 52.5 Å². The minimum absolute atomic E-state index is 0.465. The molecule has 1 aliphatic rings. The molecule has 0 bridgehead atoms. The van der Waals surface area contributed by atoms with Crippen LogP contribution in [0.4, 0.5) is 0 Å². The first-order chi connectivity index (χ1) is 10.2. The van der Waals surface area contributed by atoms with Crippen LogP contribution >= 0.6 is 11.3 Å². The van der Waals surface area contributed by atoms with Crippen molar-refractivity contribution in [1.29, 1.82) is 0 Å². The Balaban J connectivity index is 1.81. The monoisotopic (exact) mass is 299 g/mol. The maximum absolute atomic E-state index is 3.68. The van der Waals surface area contributed by atoms with Crippen molar-refractivity contribution in [2.24, 2.45) is 0 Å². The zero-order valence-corrected chi connectivity index (χ0v) is 14.1. The molecule has 112 valence electrons. The van der Waals surface area contributed by atoms with E-state index in [4.69, 9.17) is 0 Å². The van der Waals surface area contributed by atoms with Crippen LogP contribution in [0.25, 0.3) is 0 Å². The second kappa shape index (κ2) is 6.33. The Labute approximate surface area is 132 Å². The van der Waals surface area contributed by atoms with E-state index in [1.807, 2.05) is 11.3 Å². The van der Waals surface area contributed by atoms with Gasteiger partial charge in [0.15, 0.2) is 0 Å². The molecule has 0 saturated heterocycles. The van der Waals surface area contributed by atoms with Gasteiger partial charge in [0.1, 0.15) is 0 Å². The number of likely N-dealkylation sites (N-methyl/N-ethyl adjacent to an activating group) is 1. The van der Waals surface area contributed by atoms with Crippen LogP contribution in [0.3, 0.4) is 0 Å². The summed E-state index contributed by atoms with van der Waals surface area (Å²) in [6, 6.07) is 9.81. The summed E-state index contributed by atoms with van der Waals surface area (Å²) < 4.78 is 0. The Bertz CT molecular complexity index is 605. The molecule has 1 atom stereocenters. The third kappa shape index (κ3) is 3.22. The number of thiophene rings is 1. The largest absolute Gasteiger partial charge is 0.309 e. The first kappa shape index (κ1) is 14.8. The fourth-order valence-corrected chi connectivity index (χ4v) is 4.54. The summed E-state index contributed by atoms with van der Waals surface area (Å²) in [6.45, 7) is 7.62. The average molecular weight is 299 g/mol. The van der Waals surface area contributed by atoms with Gasteiger partial charge in [-0.05, 0) is 74.4 Å². The van der Waals surface area contributed by atoms with Crippen molar-refractivity contribution < 1.29 is 0 Å². The first-order valence-electron chi connectivity index (χ1n) is 8.08. The van der Waals surface area contributed by atoms with Crippen molar-refractivity contribution in [3.63, 3.8) is 0 Å². The van der Waals surface area contributed by atoms with E-state index in [0.29, 0.717) is 6.04 Å². The number of hydrogen-bond acceptors (Lipinski definition) is 2. The maximum Gasteiger partial charge on any atom is 0.0455 e. The third-order valence-corrected chi connectivity index (χ3v) is 5.92. The summed E-state index contributed by atoms with van der Waals surface area (Å²) in [7, 11) is 0. The van der Waals surface area contributed by atoms with Gasteiger partial charge in [-0.25, -0.2) is 0 Å². The highest BCUT2D eigenvalue weighted by atomic mass is 32.1. The molecule has 1 unspecified atom stereocenters. The summed E-state index contributed by atoms with van der Waals surface area (Å²) in [6.07, 6.45) is 5.02. The van der Waals surface area contributed by atoms with Gasteiger partial charge in [-0.3, -0.25) is 0 Å². The lowest BCUT2D eigenvalue weighted by atomic mass is 10.00. The minimum Gasteiger partial charge on any atom is -0.309 e. The lowest BCUT2D eigenvalue weighted by Gasteiger charge is -2.17. The van der Waals surface area contributed by atoms with Crippen molar-refractivity contribution in [2.75, 3.05) is 6.54 Å². The molecular formula is C19H25NS. The van der Waals surface area contributed by atoms with E-state index in [2.05, 4.69) is 50.4 Å². The molecule has 1 N–H and O–H groups in total. The van der Waals surface area contributed by atoms with E-state index in [-0.39, 0.29) is 0 Å². The van der Waals surface area contributed by atoms with Crippen LogP contribution in [0.15, 0.2) is 24.3 Å². The van der Waals surface area contributed by atoms with E-state index in [9.17, 15) is 0 Å². The molecule has 0 spiro atoms. The van der Waals surface area contributed by atoms with Gasteiger partial charge in [-0.15, -0.1) is 11.3 Å². The Morgan fingerprint density at radius 1 is 1.14 bits per heavy atom. The number of aryl methyl sites for hydroxylation is 4. The molecule has 0 aliphatic heterocycles. The molecule has 1 aromatic heterocycles. The zero-order valence-electron chi connectivity index (χ0n) is 13.3. The second-order valence-electron chi connectivity index (χ2n) is 6.18. The lowest BCUT2D eigenvalue weighted by Crippen LogP contribution is -2.22. The number of nitrogens with one attached hydrogen (secondary N) is 1. The molecule has 1 heterocycles. The van der Waals surface area contributed by atoms with E-state index < -0.39 is 0 Å². The van der Waals surface area contributed by atoms with Crippen LogP contribution < -0.4 is 5.32 Å². The summed E-state index contributed by atoms with van der Waals surface area (Å²) in [5, 5.41) is 3.68. The third-order valence-electron chi connectivity index (χ3n) is 4.57. The molecule has 2 heteroatoms. The molecule has 0 amide bonds. The molecule has 0 radical (unpaired) electrons. The van der Waals surface area contributed by atoms with E-state index >= 15 is 0 Å². The van der Waals surface area contributed by atoms with Crippen molar-refractivity contribution in [3.8, 4) is 0 Å². The van der Waals surface area contributed by atoms with Gasteiger partial charge in [0.25, 0.3) is 0 Å². The first-order valence-corrected chi connectivity index (χ1v) is 8.90. The summed E-state index contributed by atoms with van der Waals surface area (Å²) in [4.78, 5) is 3.16. The van der Waals surface area contributed by atoms with E-state index in [1.165, 1.54) is 40.8 Å². The van der Waals surface area contributed by atoms with Crippen molar-refractivity contribution in [3.05, 3.63) is 56.3 Å². The average Bonchev–Trinajstić information content (AvgIpc) is 3.03. The summed E-state index contributed by atoms with van der Waals surface area (Å²) in [5.41, 5.74) is 5.83. The predicted molar refractivity (Wildman–Crippen MR) is 92.4 cm³/mol. The van der Waals surface area contributed by atoms with E-state index in [1.54, 1.807) is 10.4 Å². The lowest BCUT2D eigenvalue weighted by molar-refractivity contribution is 0.557. The number of hydrogen-bond donors (Lipinski definition) is 1. The maximum atomic E-state index is 3.68. The van der Waals surface area contributed by atoms with Crippen LogP contribution in [0.2, 0.25) is 0 Å². The smallest absolute Gasteiger partial charge is 0.0455 e. The van der Waals surface area contributed by atoms with Gasteiger partial charge in [-0.1, -0.05) is 25.1 Å². The molecule has 1 aromatic carbocycles. The molecule has 3 rings (SSSR count). The highest BCUT2D eigenvalue weighted by Crippen LogP contribution is 2.35. The summed E-state index contributed by atoms with van der Waals surface area (Å²) in [5.74, 6) is 0. The van der Waals surface area contributed by atoms with Crippen molar-refractivity contribution >= 4 is 11.3 Å². The number of benzene rings is 1. The molecule has 1 nitrogen and oxygen atoms in total. The second-order valence-corrected chi connectivity index (χ2v) is 7.35. The molecular weight excluding hydrogens is 274 g/mol. The highest BCUT2D eigenvalue weighted by molar-refractivity contribution is 7.12. The molecule has 0 saturated carbocycles. The van der Waals surface area contributed by atoms with E-state index in [0.717, 1.165) is 13.0 Å². The van der Waals surface area contributed by atoms with Crippen LogP contribution in [-0.2, 0) is 19.3 Å². The Morgan fingerprint density at radius 3 is 2.71 bits per heavy atom. The Hall–Kier alpha value is -1.12. The van der Waals surface area contributed by atoms with Crippen LogP contribution in [0.1, 0.15) is 51.4 Å². The van der Waals surface area contributed by atoms with Gasteiger partial charge in [0, 0.05) is 15.8 Å². The fraction of sp³-hybridized carbons (Fsp3) is 0.474. The standard InChI is InChI=1S/C19H25NS/c1-4-20-17(11-15-9-8-13(2)14(3)10-15)19-12-16-6-5-7-18(16)21-19/h8-10,12,17,20H,4-7,11H2,1-3H3. The Kier molecular flexibility index (Phi) is 4.46. The van der Waals surface area contributed by atoms with Gasteiger partial charge < -0.3 is 5.32 Å².